The molecule has 0 aliphatic heterocycles. The maximum Gasteiger partial charge on any atom is 0.308 e. The van der Waals surface area contributed by atoms with Gasteiger partial charge in [0.2, 0.25) is 5.91 Å². The van der Waals surface area contributed by atoms with Gasteiger partial charge in [0.05, 0.1) is 11.7 Å². The van der Waals surface area contributed by atoms with Crippen LogP contribution >= 0.6 is 0 Å². The summed E-state index contributed by atoms with van der Waals surface area (Å²) in [6.45, 7) is 1.57. The molecule has 0 heterocycles. The van der Waals surface area contributed by atoms with Crippen molar-refractivity contribution in [2.75, 3.05) is 25.6 Å². The second-order valence-corrected chi connectivity index (χ2v) is 6.15. The first-order chi connectivity index (χ1) is 7.13. The highest BCUT2D eigenvalue weighted by molar-refractivity contribution is 7.90. The second-order valence-electron chi connectivity index (χ2n) is 3.89. The molecule has 1 unspecified atom stereocenters. The summed E-state index contributed by atoms with van der Waals surface area (Å²) in [5, 5.41) is 8.64. The van der Waals surface area contributed by atoms with Crippen LogP contribution in [0.4, 0.5) is 0 Å². The monoisotopic (exact) mass is 251 g/mol. The number of nitrogens with zero attached hydrogens (tertiary/aromatic N) is 1. The molecular formula is C9H17NO5S. The van der Waals surface area contributed by atoms with Crippen molar-refractivity contribution in [2.45, 2.75) is 13.3 Å². The first kappa shape index (κ1) is 14.9. The SMILES string of the molecule is CC(CN(C)C(=O)CCS(C)(=O)=O)C(=O)O. The summed E-state index contributed by atoms with van der Waals surface area (Å²) in [6, 6.07) is 0. The smallest absolute Gasteiger partial charge is 0.308 e. The maximum absolute atomic E-state index is 11.4. The number of carbonyl (C=O) groups excluding carboxylic acids is 1. The van der Waals surface area contributed by atoms with Gasteiger partial charge >= 0.3 is 5.97 Å². The fourth-order valence-electron chi connectivity index (χ4n) is 1.05. The molecule has 0 saturated carbocycles. The van der Waals surface area contributed by atoms with E-state index in [-0.39, 0.29) is 24.6 Å². The van der Waals surface area contributed by atoms with Crippen molar-refractivity contribution in [1.29, 1.82) is 0 Å². The van der Waals surface area contributed by atoms with Gasteiger partial charge in [-0.25, -0.2) is 8.42 Å². The van der Waals surface area contributed by atoms with Crippen molar-refractivity contribution in [2.24, 2.45) is 5.92 Å². The molecule has 0 rings (SSSR count). The summed E-state index contributed by atoms with van der Waals surface area (Å²) in [5.41, 5.74) is 0. The highest BCUT2D eigenvalue weighted by atomic mass is 32.2. The molecule has 16 heavy (non-hydrogen) atoms. The molecule has 6 nitrogen and oxygen atoms in total. The molecule has 0 saturated heterocycles. The topological polar surface area (TPSA) is 91.8 Å². The third-order valence-corrected chi connectivity index (χ3v) is 3.03. The number of aliphatic carboxylic acids is 1. The largest absolute Gasteiger partial charge is 0.481 e. The predicted octanol–water partition coefficient (Wildman–Crippen LogP) is -0.400. The minimum absolute atomic E-state index is 0.0813. The van der Waals surface area contributed by atoms with Gasteiger partial charge in [-0.3, -0.25) is 9.59 Å². The number of amides is 1. The van der Waals surface area contributed by atoms with E-state index in [4.69, 9.17) is 5.11 Å². The zero-order chi connectivity index (χ0) is 12.9. The fourth-order valence-corrected chi connectivity index (χ4v) is 1.60. The lowest BCUT2D eigenvalue weighted by Crippen LogP contribution is -2.34. The van der Waals surface area contributed by atoms with Crippen LogP contribution in [-0.2, 0) is 19.4 Å². The zero-order valence-electron chi connectivity index (χ0n) is 9.63. The zero-order valence-corrected chi connectivity index (χ0v) is 10.5. The number of rotatable bonds is 6. The molecule has 7 heteroatoms. The molecule has 0 aromatic carbocycles. The van der Waals surface area contributed by atoms with Gasteiger partial charge in [-0.05, 0) is 0 Å². The van der Waals surface area contributed by atoms with Gasteiger partial charge in [-0.15, -0.1) is 0 Å². The molecule has 0 spiro atoms. The Morgan fingerprint density at radius 3 is 2.25 bits per heavy atom. The molecular weight excluding hydrogens is 234 g/mol. The van der Waals surface area contributed by atoms with E-state index in [9.17, 15) is 18.0 Å². The second kappa shape index (κ2) is 5.83. The molecule has 0 aliphatic rings. The first-order valence-corrected chi connectivity index (χ1v) is 6.84. The van der Waals surface area contributed by atoms with Crippen molar-refractivity contribution in [3.63, 3.8) is 0 Å². The average Bonchev–Trinajstić information content (AvgIpc) is 2.12. The first-order valence-electron chi connectivity index (χ1n) is 4.78. The summed E-state index contributed by atoms with van der Waals surface area (Å²) >= 11 is 0. The van der Waals surface area contributed by atoms with Crippen LogP contribution in [0, 0.1) is 5.92 Å². The molecule has 0 bridgehead atoms. The summed E-state index contributed by atoms with van der Waals surface area (Å²) in [7, 11) is -1.70. The van der Waals surface area contributed by atoms with Gasteiger partial charge in [0, 0.05) is 26.3 Å². The third kappa shape index (κ3) is 6.39. The van der Waals surface area contributed by atoms with E-state index in [0.29, 0.717) is 0 Å². The fraction of sp³-hybridized carbons (Fsp3) is 0.778. The molecule has 94 valence electrons. The molecule has 0 aliphatic carbocycles. The van der Waals surface area contributed by atoms with Crippen molar-refractivity contribution < 1.29 is 23.1 Å². The standard InChI is InChI=1S/C9H17NO5S/c1-7(9(12)13)6-10(2)8(11)4-5-16(3,14)15/h7H,4-6H2,1-3H3,(H,12,13). The van der Waals surface area contributed by atoms with Crippen LogP contribution in [0.25, 0.3) is 0 Å². The highest BCUT2D eigenvalue weighted by Crippen LogP contribution is 2.01. The Kier molecular flexibility index (Phi) is 5.43. The van der Waals surface area contributed by atoms with Gasteiger partial charge in [0.15, 0.2) is 0 Å². The lowest BCUT2D eigenvalue weighted by Gasteiger charge is -2.19. The van der Waals surface area contributed by atoms with Gasteiger partial charge in [0.1, 0.15) is 9.84 Å². The molecule has 0 radical (unpaired) electrons. The van der Waals surface area contributed by atoms with Crippen LogP contribution in [0.5, 0.6) is 0 Å². The van der Waals surface area contributed by atoms with Gasteiger partial charge in [-0.2, -0.15) is 0 Å². The Balaban J connectivity index is 4.15. The van der Waals surface area contributed by atoms with Crippen LogP contribution < -0.4 is 0 Å². The van der Waals surface area contributed by atoms with E-state index in [2.05, 4.69) is 0 Å². The number of carbonyl (C=O) groups is 2. The Hall–Kier alpha value is -1.11. The normalized spacial score (nSPS) is 13.2. The molecule has 0 aromatic rings. The molecule has 1 amide bonds. The summed E-state index contributed by atoms with van der Waals surface area (Å²) < 4.78 is 21.6. The van der Waals surface area contributed by atoms with E-state index >= 15 is 0 Å². The minimum Gasteiger partial charge on any atom is -0.481 e. The molecule has 1 atom stereocenters. The highest BCUT2D eigenvalue weighted by Gasteiger charge is 2.18. The lowest BCUT2D eigenvalue weighted by molar-refractivity contribution is -0.142. The Labute approximate surface area is 95.2 Å². The molecule has 0 aromatic heterocycles. The summed E-state index contributed by atoms with van der Waals surface area (Å²) in [6.07, 6.45) is 0.946. The van der Waals surface area contributed by atoms with Crippen LogP contribution in [0.1, 0.15) is 13.3 Å². The minimum atomic E-state index is -3.16. The van der Waals surface area contributed by atoms with E-state index in [0.717, 1.165) is 6.26 Å². The predicted molar refractivity (Wildman–Crippen MR) is 58.8 cm³/mol. The quantitative estimate of drug-likeness (QED) is 0.693. The van der Waals surface area contributed by atoms with Crippen LogP contribution in [0.2, 0.25) is 0 Å². The van der Waals surface area contributed by atoms with Crippen LogP contribution in [0.15, 0.2) is 0 Å². The summed E-state index contributed by atoms with van der Waals surface area (Å²) in [4.78, 5) is 23.2. The number of hydrogen-bond donors (Lipinski definition) is 1. The van der Waals surface area contributed by atoms with Crippen LogP contribution in [0.3, 0.4) is 0 Å². The van der Waals surface area contributed by atoms with Crippen LogP contribution in [-0.4, -0.2) is 55.9 Å². The molecule has 0 fully saturated rings. The lowest BCUT2D eigenvalue weighted by atomic mass is 10.2. The van der Waals surface area contributed by atoms with E-state index in [1.807, 2.05) is 0 Å². The number of sulfone groups is 1. The Morgan fingerprint density at radius 1 is 1.38 bits per heavy atom. The maximum atomic E-state index is 11.4. The van der Waals surface area contributed by atoms with Gasteiger partial charge < -0.3 is 10.0 Å². The van der Waals surface area contributed by atoms with Crippen molar-refractivity contribution in [3.8, 4) is 0 Å². The Bertz CT molecular complexity index is 362. The Morgan fingerprint density at radius 2 is 1.88 bits per heavy atom. The van der Waals surface area contributed by atoms with Gasteiger partial charge in [0.25, 0.3) is 0 Å². The van der Waals surface area contributed by atoms with Crippen molar-refractivity contribution in [3.05, 3.63) is 0 Å². The third-order valence-electron chi connectivity index (χ3n) is 2.08. The number of carboxylic acids is 1. The van der Waals surface area contributed by atoms with Gasteiger partial charge in [-0.1, -0.05) is 6.92 Å². The van der Waals surface area contributed by atoms with E-state index in [1.165, 1.54) is 18.9 Å². The van der Waals surface area contributed by atoms with Crippen molar-refractivity contribution >= 4 is 21.7 Å². The van der Waals surface area contributed by atoms with Crippen molar-refractivity contribution in [1.82, 2.24) is 4.90 Å². The number of carboxylic acid groups (broad SMARTS) is 1. The average molecular weight is 251 g/mol. The van der Waals surface area contributed by atoms with E-state index < -0.39 is 21.7 Å². The molecule has 1 N–H and O–H groups in total. The number of hydrogen-bond acceptors (Lipinski definition) is 4. The summed E-state index contributed by atoms with van der Waals surface area (Å²) in [5.74, 6) is -2.22. The van der Waals surface area contributed by atoms with E-state index in [1.54, 1.807) is 0 Å².